The summed E-state index contributed by atoms with van der Waals surface area (Å²) in [6.07, 6.45) is 2.51. The molecule has 0 aliphatic carbocycles. The fourth-order valence-electron chi connectivity index (χ4n) is 2.92. The minimum absolute atomic E-state index is 0.256. The molecular formula is C16H25FN2O. The number of nitrogens with zero attached hydrogens (tertiary/aromatic N) is 1. The first-order chi connectivity index (χ1) is 9.72. The zero-order chi connectivity index (χ0) is 14.4. The number of benzene rings is 1. The van der Waals surface area contributed by atoms with Crippen molar-refractivity contribution in [2.45, 2.75) is 26.3 Å². The van der Waals surface area contributed by atoms with Crippen LogP contribution in [0.25, 0.3) is 0 Å². The molecule has 0 amide bonds. The van der Waals surface area contributed by atoms with E-state index in [1.807, 2.05) is 20.0 Å². The van der Waals surface area contributed by atoms with E-state index >= 15 is 0 Å². The lowest BCUT2D eigenvalue weighted by Crippen LogP contribution is -2.38. The summed E-state index contributed by atoms with van der Waals surface area (Å²) in [4.78, 5) is 2.42. The number of hydrogen-bond acceptors (Lipinski definition) is 3. The van der Waals surface area contributed by atoms with Crippen LogP contribution >= 0.6 is 0 Å². The lowest BCUT2D eigenvalue weighted by atomic mass is 9.97. The van der Waals surface area contributed by atoms with Crippen LogP contribution < -0.4 is 10.1 Å². The SMILES string of the molecule is CCOc1ccc(CN2CCCC(CNC)C2)cc1F. The van der Waals surface area contributed by atoms with Crippen molar-refractivity contribution in [1.29, 1.82) is 0 Å². The first-order valence-corrected chi connectivity index (χ1v) is 7.51. The lowest BCUT2D eigenvalue weighted by Gasteiger charge is -2.32. The lowest BCUT2D eigenvalue weighted by molar-refractivity contribution is 0.166. The maximum absolute atomic E-state index is 13.8. The average Bonchev–Trinajstić information content (AvgIpc) is 2.43. The number of likely N-dealkylation sites (tertiary alicyclic amines) is 1. The van der Waals surface area contributed by atoms with Gasteiger partial charge in [0, 0.05) is 13.1 Å². The Kier molecular flexibility index (Phi) is 5.80. The Morgan fingerprint density at radius 1 is 1.45 bits per heavy atom. The zero-order valence-electron chi connectivity index (χ0n) is 12.5. The minimum Gasteiger partial charge on any atom is -0.491 e. The Morgan fingerprint density at radius 3 is 3.00 bits per heavy atom. The predicted molar refractivity (Wildman–Crippen MR) is 79.5 cm³/mol. The normalized spacial score (nSPS) is 20.1. The molecule has 0 radical (unpaired) electrons. The van der Waals surface area contributed by atoms with Crippen LogP contribution in [0.4, 0.5) is 4.39 Å². The summed E-state index contributed by atoms with van der Waals surface area (Å²) in [6, 6.07) is 5.31. The van der Waals surface area contributed by atoms with E-state index in [0.717, 1.165) is 31.7 Å². The Bertz CT molecular complexity index is 423. The van der Waals surface area contributed by atoms with Gasteiger partial charge in [0.15, 0.2) is 11.6 Å². The van der Waals surface area contributed by atoms with Gasteiger partial charge in [0.1, 0.15) is 0 Å². The second kappa shape index (κ2) is 7.60. The van der Waals surface area contributed by atoms with E-state index in [1.54, 1.807) is 12.1 Å². The maximum Gasteiger partial charge on any atom is 0.165 e. The van der Waals surface area contributed by atoms with Gasteiger partial charge >= 0.3 is 0 Å². The maximum atomic E-state index is 13.8. The molecule has 0 saturated carbocycles. The quantitative estimate of drug-likeness (QED) is 0.867. The summed E-state index contributed by atoms with van der Waals surface area (Å²) >= 11 is 0. The second-order valence-corrected chi connectivity index (χ2v) is 5.50. The highest BCUT2D eigenvalue weighted by Crippen LogP contribution is 2.22. The van der Waals surface area contributed by atoms with Gasteiger partial charge in [-0.1, -0.05) is 6.07 Å². The molecule has 1 aromatic carbocycles. The van der Waals surface area contributed by atoms with Gasteiger partial charge in [-0.15, -0.1) is 0 Å². The molecular weight excluding hydrogens is 255 g/mol. The van der Waals surface area contributed by atoms with Crippen molar-refractivity contribution in [3.8, 4) is 5.75 Å². The highest BCUT2D eigenvalue weighted by atomic mass is 19.1. The van der Waals surface area contributed by atoms with E-state index in [-0.39, 0.29) is 5.82 Å². The summed E-state index contributed by atoms with van der Waals surface area (Å²) in [6.45, 7) is 6.44. The molecule has 4 heteroatoms. The molecule has 0 spiro atoms. The van der Waals surface area contributed by atoms with Crippen LogP contribution in [0.2, 0.25) is 0 Å². The second-order valence-electron chi connectivity index (χ2n) is 5.50. The molecule has 1 N–H and O–H groups in total. The fraction of sp³-hybridized carbons (Fsp3) is 0.625. The first kappa shape index (κ1) is 15.3. The minimum atomic E-state index is -0.256. The van der Waals surface area contributed by atoms with Crippen LogP contribution in [-0.4, -0.2) is 38.2 Å². The van der Waals surface area contributed by atoms with Crippen LogP contribution in [-0.2, 0) is 6.54 Å². The third kappa shape index (κ3) is 4.18. The molecule has 1 atom stereocenters. The van der Waals surface area contributed by atoms with Crippen molar-refractivity contribution in [1.82, 2.24) is 10.2 Å². The third-order valence-corrected chi connectivity index (χ3v) is 3.80. The molecule has 0 aromatic heterocycles. The van der Waals surface area contributed by atoms with E-state index in [9.17, 15) is 4.39 Å². The van der Waals surface area contributed by atoms with Crippen molar-refractivity contribution in [3.05, 3.63) is 29.6 Å². The standard InChI is InChI=1S/C16H25FN2O/c1-3-20-16-7-6-13(9-15(16)17)11-19-8-4-5-14(12-19)10-18-2/h6-7,9,14,18H,3-5,8,10-12H2,1-2H3. The Labute approximate surface area is 121 Å². The highest BCUT2D eigenvalue weighted by molar-refractivity contribution is 5.29. The van der Waals surface area contributed by atoms with Gasteiger partial charge in [-0.3, -0.25) is 4.90 Å². The predicted octanol–water partition coefficient (Wildman–Crippen LogP) is 2.66. The number of ether oxygens (including phenoxy) is 1. The summed E-state index contributed by atoms with van der Waals surface area (Å²) in [7, 11) is 2.00. The van der Waals surface area contributed by atoms with Gasteiger partial charge in [-0.2, -0.15) is 0 Å². The largest absolute Gasteiger partial charge is 0.491 e. The van der Waals surface area contributed by atoms with Crippen molar-refractivity contribution in [2.75, 3.05) is 33.3 Å². The Balaban J connectivity index is 1.94. The van der Waals surface area contributed by atoms with E-state index in [0.29, 0.717) is 18.3 Å². The van der Waals surface area contributed by atoms with Crippen LogP contribution in [0.5, 0.6) is 5.75 Å². The Morgan fingerprint density at radius 2 is 2.30 bits per heavy atom. The number of hydrogen-bond donors (Lipinski definition) is 1. The van der Waals surface area contributed by atoms with Crippen LogP contribution in [0, 0.1) is 11.7 Å². The Hall–Kier alpha value is -1.13. The third-order valence-electron chi connectivity index (χ3n) is 3.80. The summed E-state index contributed by atoms with van der Waals surface area (Å²) in [5.41, 5.74) is 1.02. The molecule has 1 saturated heterocycles. The molecule has 1 aromatic rings. The van der Waals surface area contributed by atoms with E-state index in [2.05, 4.69) is 10.2 Å². The summed E-state index contributed by atoms with van der Waals surface area (Å²) < 4.78 is 19.1. The van der Waals surface area contributed by atoms with Gasteiger partial charge in [0.25, 0.3) is 0 Å². The van der Waals surface area contributed by atoms with E-state index < -0.39 is 0 Å². The molecule has 1 aliphatic heterocycles. The smallest absolute Gasteiger partial charge is 0.165 e. The number of piperidine rings is 1. The number of nitrogens with one attached hydrogen (secondary N) is 1. The zero-order valence-corrected chi connectivity index (χ0v) is 12.5. The highest BCUT2D eigenvalue weighted by Gasteiger charge is 2.19. The average molecular weight is 280 g/mol. The summed E-state index contributed by atoms with van der Waals surface area (Å²) in [5.74, 6) is 0.803. The van der Waals surface area contributed by atoms with Gasteiger partial charge in [0.2, 0.25) is 0 Å². The fourth-order valence-corrected chi connectivity index (χ4v) is 2.92. The topological polar surface area (TPSA) is 24.5 Å². The molecule has 1 heterocycles. The molecule has 3 nitrogen and oxygen atoms in total. The van der Waals surface area contributed by atoms with Crippen LogP contribution in [0.3, 0.4) is 0 Å². The van der Waals surface area contributed by atoms with Gasteiger partial charge in [0.05, 0.1) is 6.61 Å². The first-order valence-electron chi connectivity index (χ1n) is 7.51. The van der Waals surface area contributed by atoms with Gasteiger partial charge in [-0.25, -0.2) is 4.39 Å². The number of halogens is 1. The van der Waals surface area contributed by atoms with Crippen molar-refractivity contribution >= 4 is 0 Å². The molecule has 20 heavy (non-hydrogen) atoms. The van der Waals surface area contributed by atoms with Crippen molar-refractivity contribution < 1.29 is 9.13 Å². The molecule has 1 aliphatic rings. The van der Waals surface area contributed by atoms with Crippen LogP contribution in [0.15, 0.2) is 18.2 Å². The van der Waals surface area contributed by atoms with E-state index in [4.69, 9.17) is 4.74 Å². The molecule has 112 valence electrons. The summed E-state index contributed by atoms with van der Waals surface area (Å²) in [5, 5.41) is 3.25. The number of rotatable bonds is 6. The van der Waals surface area contributed by atoms with E-state index in [1.165, 1.54) is 12.8 Å². The monoisotopic (exact) mass is 280 g/mol. The molecule has 1 fully saturated rings. The van der Waals surface area contributed by atoms with Gasteiger partial charge < -0.3 is 10.1 Å². The molecule has 2 rings (SSSR count). The molecule has 0 bridgehead atoms. The van der Waals surface area contributed by atoms with Crippen molar-refractivity contribution in [2.24, 2.45) is 5.92 Å². The van der Waals surface area contributed by atoms with Crippen molar-refractivity contribution in [3.63, 3.8) is 0 Å². The molecule has 1 unspecified atom stereocenters. The van der Waals surface area contributed by atoms with Gasteiger partial charge in [-0.05, 0) is 63.5 Å². The van der Waals surface area contributed by atoms with Crippen LogP contribution in [0.1, 0.15) is 25.3 Å².